The Bertz CT molecular complexity index is 364. The van der Waals surface area contributed by atoms with E-state index in [1.807, 2.05) is 0 Å². The highest BCUT2D eigenvalue weighted by atomic mass is 16.4. The molecule has 0 radical (unpaired) electrons. The van der Waals surface area contributed by atoms with Crippen LogP contribution in [0.2, 0.25) is 0 Å². The van der Waals surface area contributed by atoms with Gasteiger partial charge >= 0.3 is 5.97 Å². The number of carboxylic acid groups (broad SMARTS) is 1. The maximum Gasteiger partial charge on any atom is 0.328 e. The van der Waals surface area contributed by atoms with Crippen molar-refractivity contribution in [2.75, 3.05) is 0 Å². The van der Waals surface area contributed by atoms with Gasteiger partial charge in [-0.3, -0.25) is 4.98 Å². The van der Waals surface area contributed by atoms with Crippen LogP contribution in [0.3, 0.4) is 0 Å². The Kier molecular flexibility index (Phi) is 1.60. The molecule has 2 rings (SSSR count). The van der Waals surface area contributed by atoms with Crippen molar-refractivity contribution in [3.63, 3.8) is 0 Å². The minimum absolute atomic E-state index is 0.462. The lowest BCUT2D eigenvalue weighted by Crippen LogP contribution is -2.42. The molecule has 1 atom stereocenters. The van der Waals surface area contributed by atoms with Crippen molar-refractivity contribution >= 4 is 5.97 Å². The lowest BCUT2D eigenvalue weighted by Gasteiger charge is -2.18. The predicted molar refractivity (Wildman–Crippen MR) is 46.1 cm³/mol. The van der Waals surface area contributed by atoms with Crippen LogP contribution in [0.15, 0.2) is 18.5 Å². The number of nitrogens with zero attached hydrogens (tertiary/aromatic N) is 1. The molecule has 1 heterocycles. The van der Waals surface area contributed by atoms with E-state index >= 15 is 0 Å². The molecular weight excluding hydrogens is 168 g/mol. The van der Waals surface area contributed by atoms with Crippen molar-refractivity contribution in [1.82, 2.24) is 4.98 Å². The number of aromatic nitrogens is 1. The number of rotatable bonds is 1. The number of hydrogen-bond acceptors (Lipinski definition) is 3. The molecule has 1 aliphatic carbocycles. The number of hydrogen-bond donors (Lipinski definition) is 2. The Hall–Kier alpha value is -1.42. The summed E-state index contributed by atoms with van der Waals surface area (Å²) in [5.74, 6) is -0.961. The Balaban J connectivity index is 2.55. The quantitative estimate of drug-likeness (QED) is 0.647. The van der Waals surface area contributed by atoms with Crippen LogP contribution in [0.5, 0.6) is 0 Å². The van der Waals surface area contributed by atoms with Crippen LogP contribution < -0.4 is 5.73 Å². The summed E-state index contributed by atoms with van der Waals surface area (Å²) in [5.41, 5.74) is 6.24. The van der Waals surface area contributed by atoms with Crippen LogP contribution >= 0.6 is 0 Å². The standard InChI is InChI=1S/C9H10N2O2/c10-9(8(12)13)3-1-6-5-11-4-2-7(6)9/h2,4-5H,1,3,10H2,(H,12,13). The number of nitrogens with two attached hydrogens (primary N) is 1. The number of aliphatic carboxylic acids is 1. The van der Waals surface area contributed by atoms with E-state index in [-0.39, 0.29) is 0 Å². The van der Waals surface area contributed by atoms with E-state index in [4.69, 9.17) is 10.8 Å². The number of fused-ring (bicyclic) bond motifs is 1. The van der Waals surface area contributed by atoms with Gasteiger partial charge in [-0.2, -0.15) is 0 Å². The minimum atomic E-state index is -1.20. The smallest absolute Gasteiger partial charge is 0.328 e. The molecule has 0 bridgehead atoms. The number of pyridine rings is 1. The van der Waals surface area contributed by atoms with Crippen LogP contribution in [0.4, 0.5) is 0 Å². The summed E-state index contributed by atoms with van der Waals surface area (Å²) in [6.07, 6.45) is 4.43. The first-order chi connectivity index (χ1) is 6.14. The van der Waals surface area contributed by atoms with E-state index in [2.05, 4.69) is 4.98 Å². The van der Waals surface area contributed by atoms with Gasteiger partial charge in [0.25, 0.3) is 0 Å². The first-order valence-electron chi connectivity index (χ1n) is 4.10. The second-order valence-corrected chi connectivity index (χ2v) is 3.31. The zero-order valence-electron chi connectivity index (χ0n) is 7.03. The molecule has 0 amide bonds. The van der Waals surface area contributed by atoms with E-state index in [0.717, 1.165) is 5.56 Å². The summed E-state index contributed by atoms with van der Waals surface area (Å²) in [4.78, 5) is 14.9. The van der Waals surface area contributed by atoms with Gasteiger partial charge in [0.1, 0.15) is 5.54 Å². The fraction of sp³-hybridized carbons (Fsp3) is 0.333. The van der Waals surface area contributed by atoms with Crippen LogP contribution in [0.25, 0.3) is 0 Å². The number of carboxylic acids is 1. The zero-order valence-corrected chi connectivity index (χ0v) is 7.03. The third kappa shape index (κ3) is 1.02. The third-order valence-corrected chi connectivity index (χ3v) is 2.55. The van der Waals surface area contributed by atoms with Gasteiger partial charge in [-0.1, -0.05) is 0 Å². The van der Waals surface area contributed by atoms with Gasteiger partial charge in [0.15, 0.2) is 0 Å². The fourth-order valence-electron chi connectivity index (χ4n) is 1.75. The van der Waals surface area contributed by atoms with Crippen molar-refractivity contribution in [3.8, 4) is 0 Å². The molecule has 13 heavy (non-hydrogen) atoms. The second kappa shape index (κ2) is 2.53. The number of aryl methyl sites for hydroxylation is 1. The van der Waals surface area contributed by atoms with Crippen LogP contribution in [0.1, 0.15) is 17.5 Å². The summed E-state index contributed by atoms with van der Waals surface area (Å²) in [6.45, 7) is 0. The molecule has 3 N–H and O–H groups in total. The van der Waals surface area contributed by atoms with Crippen molar-refractivity contribution in [2.45, 2.75) is 18.4 Å². The molecule has 0 saturated heterocycles. The van der Waals surface area contributed by atoms with E-state index in [1.165, 1.54) is 0 Å². The minimum Gasteiger partial charge on any atom is -0.480 e. The molecule has 68 valence electrons. The van der Waals surface area contributed by atoms with Gasteiger partial charge in [-0.05, 0) is 30.0 Å². The number of carbonyl (C=O) groups is 1. The van der Waals surface area contributed by atoms with Gasteiger partial charge in [0.05, 0.1) is 0 Å². The van der Waals surface area contributed by atoms with Gasteiger partial charge in [0, 0.05) is 12.4 Å². The third-order valence-electron chi connectivity index (χ3n) is 2.55. The Morgan fingerprint density at radius 3 is 3.15 bits per heavy atom. The van der Waals surface area contributed by atoms with Crippen LogP contribution in [-0.2, 0) is 16.8 Å². The molecule has 4 heteroatoms. The highest BCUT2D eigenvalue weighted by Crippen LogP contribution is 2.34. The van der Waals surface area contributed by atoms with Gasteiger partial charge < -0.3 is 10.8 Å². The summed E-state index contributed by atoms with van der Waals surface area (Å²) < 4.78 is 0. The SMILES string of the molecule is NC1(C(=O)O)CCc2cnccc21. The molecule has 0 fully saturated rings. The average Bonchev–Trinajstić information content (AvgIpc) is 2.47. The second-order valence-electron chi connectivity index (χ2n) is 3.31. The van der Waals surface area contributed by atoms with Crippen LogP contribution in [0, 0.1) is 0 Å². The Morgan fingerprint density at radius 2 is 2.46 bits per heavy atom. The monoisotopic (exact) mass is 178 g/mol. The first kappa shape index (κ1) is 8.19. The van der Waals surface area contributed by atoms with E-state index in [9.17, 15) is 4.79 Å². The molecule has 0 aromatic carbocycles. The molecule has 1 aromatic heterocycles. The normalized spacial score (nSPS) is 25.6. The van der Waals surface area contributed by atoms with E-state index in [1.54, 1.807) is 18.5 Å². The molecular formula is C9H10N2O2. The zero-order chi connectivity index (χ0) is 9.47. The highest BCUT2D eigenvalue weighted by Gasteiger charge is 2.41. The van der Waals surface area contributed by atoms with Gasteiger partial charge in [-0.25, -0.2) is 4.79 Å². The van der Waals surface area contributed by atoms with Crippen molar-refractivity contribution in [3.05, 3.63) is 29.6 Å². The predicted octanol–water partition coefficient (Wildman–Crippen LogP) is 0.266. The topological polar surface area (TPSA) is 76.2 Å². The summed E-state index contributed by atoms with van der Waals surface area (Å²) in [7, 11) is 0. The lowest BCUT2D eigenvalue weighted by atomic mass is 9.94. The average molecular weight is 178 g/mol. The van der Waals surface area contributed by atoms with E-state index in [0.29, 0.717) is 18.4 Å². The molecule has 1 unspecified atom stereocenters. The summed E-state index contributed by atoms with van der Waals surface area (Å²) in [6, 6.07) is 1.69. The van der Waals surface area contributed by atoms with Crippen molar-refractivity contribution in [1.29, 1.82) is 0 Å². The van der Waals surface area contributed by atoms with Crippen molar-refractivity contribution in [2.24, 2.45) is 5.73 Å². The Morgan fingerprint density at radius 1 is 1.69 bits per heavy atom. The molecule has 0 saturated carbocycles. The van der Waals surface area contributed by atoms with Crippen molar-refractivity contribution < 1.29 is 9.90 Å². The summed E-state index contributed by atoms with van der Waals surface area (Å²) >= 11 is 0. The highest BCUT2D eigenvalue weighted by molar-refractivity contribution is 5.82. The Labute approximate surface area is 75.4 Å². The maximum atomic E-state index is 10.9. The van der Waals surface area contributed by atoms with Gasteiger partial charge in [0.2, 0.25) is 0 Å². The van der Waals surface area contributed by atoms with E-state index < -0.39 is 11.5 Å². The lowest BCUT2D eigenvalue weighted by molar-refractivity contribution is -0.143. The summed E-state index contributed by atoms with van der Waals surface area (Å²) in [5, 5.41) is 8.97. The molecule has 0 aliphatic heterocycles. The fourth-order valence-corrected chi connectivity index (χ4v) is 1.75. The van der Waals surface area contributed by atoms with Gasteiger partial charge in [-0.15, -0.1) is 0 Å². The molecule has 0 spiro atoms. The molecule has 4 nitrogen and oxygen atoms in total. The maximum absolute atomic E-state index is 10.9. The largest absolute Gasteiger partial charge is 0.480 e. The molecule has 1 aromatic rings. The molecule has 1 aliphatic rings. The van der Waals surface area contributed by atoms with Crippen LogP contribution in [-0.4, -0.2) is 16.1 Å². The first-order valence-corrected chi connectivity index (χ1v) is 4.10.